The van der Waals surface area contributed by atoms with Crippen molar-refractivity contribution in [2.75, 3.05) is 24.3 Å². The van der Waals surface area contributed by atoms with Gasteiger partial charge in [0.1, 0.15) is 12.1 Å². The van der Waals surface area contributed by atoms with Crippen LogP contribution in [0.4, 0.5) is 17.2 Å². The standard InChI is InChI=1S/C28H24N4O4S/c1-35-26-16-24-25(17-27(26)36-2)29-18-30-28(24)31-21-10-12-22(13-11-21)32-37(33,34)23-14-8-20(9-15-23)19-6-4-3-5-7-19/h3-18,32H,1-2H3,(H,29,30,31). The zero-order valence-electron chi connectivity index (χ0n) is 20.2. The topological polar surface area (TPSA) is 102 Å². The molecule has 0 unspecified atom stereocenters. The fourth-order valence-electron chi connectivity index (χ4n) is 3.91. The molecule has 1 heterocycles. The Balaban J connectivity index is 1.33. The second-order valence-electron chi connectivity index (χ2n) is 8.14. The molecule has 0 saturated carbocycles. The predicted molar refractivity (Wildman–Crippen MR) is 145 cm³/mol. The van der Waals surface area contributed by atoms with Crippen molar-refractivity contribution in [1.82, 2.24) is 9.97 Å². The minimum absolute atomic E-state index is 0.186. The molecular formula is C28H24N4O4S. The summed E-state index contributed by atoms with van der Waals surface area (Å²) in [4.78, 5) is 8.85. The van der Waals surface area contributed by atoms with Crippen molar-refractivity contribution < 1.29 is 17.9 Å². The van der Waals surface area contributed by atoms with E-state index in [1.807, 2.05) is 36.4 Å². The molecule has 37 heavy (non-hydrogen) atoms. The molecule has 0 amide bonds. The van der Waals surface area contributed by atoms with Crippen molar-refractivity contribution in [3.05, 3.63) is 97.3 Å². The highest BCUT2D eigenvalue weighted by Crippen LogP contribution is 2.34. The summed E-state index contributed by atoms with van der Waals surface area (Å²) >= 11 is 0. The number of sulfonamides is 1. The van der Waals surface area contributed by atoms with E-state index in [0.29, 0.717) is 28.5 Å². The van der Waals surface area contributed by atoms with E-state index in [1.54, 1.807) is 68.8 Å². The minimum Gasteiger partial charge on any atom is -0.493 e. The van der Waals surface area contributed by atoms with Crippen LogP contribution in [0.15, 0.2) is 102 Å². The fourth-order valence-corrected chi connectivity index (χ4v) is 4.97. The Kier molecular flexibility index (Phi) is 6.61. The van der Waals surface area contributed by atoms with Crippen LogP contribution in [0, 0.1) is 0 Å². The molecule has 0 spiro atoms. The lowest BCUT2D eigenvalue weighted by atomic mass is 10.1. The van der Waals surface area contributed by atoms with E-state index < -0.39 is 10.0 Å². The monoisotopic (exact) mass is 512 g/mol. The molecule has 186 valence electrons. The average molecular weight is 513 g/mol. The van der Waals surface area contributed by atoms with E-state index in [9.17, 15) is 8.42 Å². The maximum atomic E-state index is 12.9. The first-order valence-electron chi connectivity index (χ1n) is 11.4. The number of hydrogen-bond donors (Lipinski definition) is 2. The lowest BCUT2D eigenvalue weighted by Crippen LogP contribution is -2.12. The van der Waals surface area contributed by atoms with Crippen LogP contribution in [0.25, 0.3) is 22.0 Å². The van der Waals surface area contributed by atoms with Gasteiger partial charge in [-0.2, -0.15) is 0 Å². The number of fused-ring (bicyclic) bond motifs is 1. The Morgan fingerprint density at radius 1 is 0.703 bits per heavy atom. The van der Waals surface area contributed by atoms with Crippen molar-refractivity contribution in [3.8, 4) is 22.6 Å². The zero-order chi connectivity index (χ0) is 25.8. The zero-order valence-corrected chi connectivity index (χ0v) is 21.0. The van der Waals surface area contributed by atoms with E-state index >= 15 is 0 Å². The molecule has 0 radical (unpaired) electrons. The molecule has 5 rings (SSSR count). The number of aromatic nitrogens is 2. The summed E-state index contributed by atoms with van der Waals surface area (Å²) in [6, 6.07) is 27.1. The van der Waals surface area contributed by atoms with Crippen LogP contribution in [0.1, 0.15) is 0 Å². The predicted octanol–water partition coefficient (Wildman–Crippen LogP) is 5.86. The van der Waals surface area contributed by atoms with Crippen molar-refractivity contribution >= 4 is 38.1 Å². The summed E-state index contributed by atoms with van der Waals surface area (Å²) in [6.07, 6.45) is 1.46. The lowest BCUT2D eigenvalue weighted by Gasteiger charge is -2.13. The van der Waals surface area contributed by atoms with E-state index in [-0.39, 0.29) is 4.90 Å². The molecule has 0 atom stereocenters. The molecule has 1 aromatic heterocycles. The average Bonchev–Trinajstić information content (AvgIpc) is 2.94. The number of anilines is 3. The summed E-state index contributed by atoms with van der Waals surface area (Å²) in [7, 11) is -0.607. The Morgan fingerprint density at radius 3 is 2.00 bits per heavy atom. The molecule has 0 bridgehead atoms. The van der Waals surface area contributed by atoms with Crippen molar-refractivity contribution in [3.63, 3.8) is 0 Å². The number of nitrogens with zero attached hydrogens (tertiary/aromatic N) is 2. The van der Waals surface area contributed by atoms with Crippen LogP contribution < -0.4 is 19.5 Å². The van der Waals surface area contributed by atoms with E-state index in [4.69, 9.17) is 9.47 Å². The van der Waals surface area contributed by atoms with E-state index in [2.05, 4.69) is 20.0 Å². The number of nitrogens with one attached hydrogen (secondary N) is 2. The Morgan fingerprint density at radius 2 is 1.32 bits per heavy atom. The van der Waals surface area contributed by atoms with Gasteiger partial charge < -0.3 is 14.8 Å². The third-order valence-corrected chi connectivity index (χ3v) is 7.21. The molecule has 0 saturated heterocycles. The Labute approximate surface area is 215 Å². The molecule has 0 aliphatic carbocycles. The molecule has 9 heteroatoms. The Bertz CT molecular complexity index is 1640. The molecule has 0 aliphatic heterocycles. The molecule has 5 aromatic rings. The normalized spacial score (nSPS) is 11.2. The van der Waals surface area contributed by atoms with Crippen molar-refractivity contribution in [2.45, 2.75) is 4.90 Å². The lowest BCUT2D eigenvalue weighted by molar-refractivity contribution is 0.356. The first-order chi connectivity index (χ1) is 18.0. The molecule has 2 N–H and O–H groups in total. The molecule has 4 aromatic carbocycles. The van der Waals surface area contributed by atoms with Gasteiger partial charge in [0.25, 0.3) is 10.0 Å². The van der Waals surface area contributed by atoms with Gasteiger partial charge in [-0.3, -0.25) is 4.72 Å². The molecule has 0 aliphatic rings. The van der Waals surface area contributed by atoms with Crippen LogP contribution in [-0.4, -0.2) is 32.6 Å². The molecule has 0 fully saturated rings. The first-order valence-corrected chi connectivity index (χ1v) is 12.9. The summed E-state index contributed by atoms with van der Waals surface area (Å²) in [5.41, 5.74) is 3.83. The maximum absolute atomic E-state index is 12.9. The van der Waals surface area contributed by atoms with Crippen LogP contribution >= 0.6 is 0 Å². The van der Waals surface area contributed by atoms with Crippen LogP contribution in [0.5, 0.6) is 11.5 Å². The van der Waals surface area contributed by atoms with Gasteiger partial charge in [-0.05, 0) is 53.6 Å². The van der Waals surface area contributed by atoms with Gasteiger partial charge in [-0.1, -0.05) is 42.5 Å². The highest BCUT2D eigenvalue weighted by Gasteiger charge is 2.15. The quantitative estimate of drug-likeness (QED) is 0.268. The first kappa shape index (κ1) is 24.1. The maximum Gasteiger partial charge on any atom is 0.261 e. The van der Waals surface area contributed by atoms with E-state index in [1.165, 1.54) is 6.33 Å². The number of ether oxygens (including phenoxy) is 2. The molecular weight excluding hydrogens is 488 g/mol. The van der Waals surface area contributed by atoms with Crippen LogP contribution in [-0.2, 0) is 10.0 Å². The largest absolute Gasteiger partial charge is 0.493 e. The van der Waals surface area contributed by atoms with Gasteiger partial charge in [0.05, 0.1) is 24.6 Å². The van der Waals surface area contributed by atoms with Crippen LogP contribution in [0.3, 0.4) is 0 Å². The second kappa shape index (κ2) is 10.2. The van der Waals surface area contributed by atoms with Gasteiger partial charge in [0, 0.05) is 22.8 Å². The summed E-state index contributed by atoms with van der Waals surface area (Å²) in [5, 5.41) is 4.01. The van der Waals surface area contributed by atoms with Crippen molar-refractivity contribution in [1.29, 1.82) is 0 Å². The second-order valence-corrected chi connectivity index (χ2v) is 9.83. The van der Waals surface area contributed by atoms with Gasteiger partial charge in [0.15, 0.2) is 11.5 Å². The minimum atomic E-state index is -3.74. The Hall–Kier alpha value is -4.63. The van der Waals surface area contributed by atoms with Crippen molar-refractivity contribution in [2.24, 2.45) is 0 Å². The molecule has 8 nitrogen and oxygen atoms in total. The third-order valence-electron chi connectivity index (χ3n) is 5.81. The highest BCUT2D eigenvalue weighted by molar-refractivity contribution is 7.92. The number of methoxy groups -OCH3 is 2. The van der Waals surface area contributed by atoms with Gasteiger partial charge >= 0.3 is 0 Å². The smallest absolute Gasteiger partial charge is 0.261 e. The summed E-state index contributed by atoms with van der Waals surface area (Å²) in [6.45, 7) is 0. The highest BCUT2D eigenvalue weighted by atomic mass is 32.2. The van der Waals surface area contributed by atoms with Gasteiger partial charge in [0.2, 0.25) is 0 Å². The summed E-state index contributed by atoms with van der Waals surface area (Å²) < 4.78 is 39.2. The van der Waals surface area contributed by atoms with Gasteiger partial charge in [-0.25, -0.2) is 18.4 Å². The van der Waals surface area contributed by atoms with E-state index in [0.717, 1.165) is 22.2 Å². The van der Waals surface area contributed by atoms with Crippen LogP contribution in [0.2, 0.25) is 0 Å². The number of benzene rings is 4. The summed E-state index contributed by atoms with van der Waals surface area (Å²) in [5.74, 6) is 1.72. The number of rotatable bonds is 8. The SMILES string of the molecule is COc1cc2ncnc(Nc3ccc(NS(=O)(=O)c4ccc(-c5ccccc5)cc4)cc3)c2cc1OC. The van der Waals surface area contributed by atoms with Gasteiger partial charge in [-0.15, -0.1) is 0 Å². The fraction of sp³-hybridized carbons (Fsp3) is 0.0714. The third kappa shape index (κ3) is 5.17. The number of hydrogen-bond acceptors (Lipinski definition) is 7.